The zero-order chi connectivity index (χ0) is 20.2. The number of hydrogen-bond donors (Lipinski definition) is 1. The Hall–Kier alpha value is -3.66. The number of nitrogens with one attached hydrogen (secondary N) is 1. The SMILES string of the molecule is CC(C)Oc1ccc2ccccc2c1/C=N\NC(=O)c1ccc2ccccc2c1. The summed E-state index contributed by atoms with van der Waals surface area (Å²) in [6.45, 7) is 3.97. The topological polar surface area (TPSA) is 50.7 Å². The van der Waals surface area contributed by atoms with Crippen molar-refractivity contribution >= 4 is 33.7 Å². The van der Waals surface area contributed by atoms with Crippen molar-refractivity contribution in [1.82, 2.24) is 5.43 Å². The quantitative estimate of drug-likeness (QED) is 0.364. The minimum atomic E-state index is -0.251. The number of nitrogens with zero attached hydrogens (tertiary/aromatic N) is 1. The molecular formula is C25H22N2O2. The van der Waals surface area contributed by atoms with Crippen molar-refractivity contribution in [2.45, 2.75) is 20.0 Å². The molecule has 0 aliphatic rings. The first kappa shape index (κ1) is 18.7. The molecule has 4 nitrogen and oxygen atoms in total. The maximum absolute atomic E-state index is 12.5. The Morgan fingerprint density at radius 3 is 2.38 bits per heavy atom. The van der Waals surface area contributed by atoms with Crippen molar-refractivity contribution < 1.29 is 9.53 Å². The molecule has 4 aromatic carbocycles. The highest BCUT2D eigenvalue weighted by atomic mass is 16.5. The molecule has 0 spiro atoms. The number of carbonyl (C=O) groups is 1. The second-order valence-electron chi connectivity index (χ2n) is 7.13. The summed E-state index contributed by atoms with van der Waals surface area (Å²) < 4.78 is 5.94. The molecule has 0 fully saturated rings. The lowest BCUT2D eigenvalue weighted by Crippen LogP contribution is -2.17. The summed E-state index contributed by atoms with van der Waals surface area (Å²) >= 11 is 0. The predicted octanol–water partition coefficient (Wildman–Crippen LogP) is 5.54. The van der Waals surface area contributed by atoms with Gasteiger partial charge in [-0.2, -0.15) is 5.10 Å². The predicted molar refractivity (Wildman–Crippen MR) is 119 cm³/mol. The largest absolute Gasteiger partial charge is 0.490 e. The molecule has 1 amide bonds. The lowest BCUT2D eigenvalue weighted by atomic mass is 10.0. The van der Waals surface area contributed by atoms with Crippen LogP contribution in [0.25, 0.3) is 21.5 Å². The fourth-order valence-electron chi connectivity index (χ4n) is 3.32. The third kappa shape index (κ3) is 4.11. The second kappa shape index (κ2) is 8.15. The third-order valence-corrected chi connectivity index (χ3v) is 4.66. The summed E-state index contributed by atoms with van der Waals surface area (Å²) in [6, 6.07) is 25.6. The van der Waals surface area contributed by atoms with Crippen molar-refractivity contribution in [3.8, 4) is 5.75 Å². The van der Waals surface area contributed by atoms with Gasteiger partial charge in [0.25, 0.3) is 5.91 Å². The molecule has 1 N–H and O–H groups in total. The Morgan fingerprint density at radius 1 is 0.897 bits per heavy atom. The fourth-order valence-corrected chi connectivity index (χ4v) is 3.32. The van der Waals surface area contributed by atoms with Gasteiger partial charge in [-0.3, -0.25) is 4.79 Å². The first-order valence-electron chi connectivity index (χ1n) is 9.62. The van der Waals surface area contributed by atoms with E-state index in [0.29, 0.717) is 5.56 Å². The molecule has 4 heteroatoms. The van der Waals surface area contributed by atoms with Gasteiger partial charge >= 0.3 is 0 Å². The molecule has 0 bridgehead atoms. The molecule has 4 aromatic rings. The highest BCUT2D eigenvalue weighted by molar-refractivity contribution is 6.03. The van der Waals surface area contributed by atoms with E-state index in [-0.39, 0.29) is 12.0 Å². The second-order valence-corrected chi connectivity index (χ2v) is 7.13. The maximum Gasteiger partial charge on any atom is 0.271 e. The molecule has 0 aliphatic heterocycles. The fraction of sp³-hybridized carbons (Fsp3) is 0.120. The van der Waals surface area contributed by atoms with E-state index in [9.17, 15) is 4.79 Å². The van der Waals surface area contributed by atoms with Gasteiger partial charge in [0.05, 0.1) is 12.3 Å². The number of rotatable bonds is 5. The molecule has 144 valence electrons. The molecule has 0 atom stereocenters. The van der Waals surface area contributed by atoms with Gasteiger partial charge in [-0.25, -0.2) is 5.43 Å². The normalized spacial score (nSPS) is 11.4. The molecule has 29 heavy (non-hydrogen) atoms. The van der Waals surface area contributed by atoms with Crippen LogP contribution in [0.15, 0.2) is 84.0 Å². The van der Waals surface area contributed by atoms with Crippen LogP contribution in [0, 0.1) is 0 Å². The number of hydrazone groups is 1. The van der Waals surface area contributed by atoms with Gasteiger partial charge in [0.2, 0.25) is 0 Å². The molecule has 0 saturated heterocycles. The Labute approximate surface area is 169 Å². The smallest absolute Gasteiger partial charge is 0.271 e. The van der Waals surface area contributed by atoms with Gasteiger partial charge < -0.3 is 4.74 Å². The number of ether oxygens (including phenoxy) is 1. The highest BCUT2D eigenvalue weighted by Gasteiger charge is 2.09. The molecule has 0 unspecified atom stereocenters. The van der Waals surface area contributed by atoms with E-state index >= 15 is 0 Å². The van der Waals surface area contributed by atoms with E-state index < -0.39 is 0 Å². The number of hydrogen-bond acceptors (Lipinski definition) is 3. The first-order valence-corrected chi connectivity index (χ1v) is 9.62. The molecule has 0 heterocycles. The zero-order valence-electron chi connectivity index (χ0n) is 16.4. The summed E-state index contributed by atoms with van der Waals surface area (Å²) in [7, 11) is 0. The minimum absolute atomic E-state index is 0.0375. The van der Waals surface area contributed by atoms with Crippen molar-refractivity contribution in [3.05, 3.63) is 90.0 Å². The maximum atomic E-state index is 12.5. The van der Waals surface area contributed by atoms with E-state index in [2.05, 4.69) is 10.5 Å². The Kier molecular flexibility index (Phi) is 5.25. The van der Waals surface area contributed by atoms with Crippen LogP contribution in [-0.4, -0.2) is 18.2 Å². The lowest BCUT2D eigenvalue weighted by molar-refractivity contribution is 0.0955. The Balaban J connectivity index is 1.61. The molecule has 0 saturated carbocycles. The van der Waals surface area contributed by atoms with Crippen molar-refractivity contribution in [3.63, 3.8) is 0 Å². The number of carbonyl (C=O) groups excluding carboxylic acids is 1. The van der Waals surface area contributed by atoms with E-state index in [4.69, 9.17) is 4.74 Å². The van der Waals surface area contributed by atoms with Crippen LogP contribution in [0.5, 0.6) is 5.75 Å². The Bertz CT molecular complexity index is 1210. The van der Waals surface area contributed by atoms with Crippen LogP contribution in [0.3, 0.4) is 0 Å². The number of fused-ring (bicyclic) bond motifs is 2. The number of benzene rings is 4. The van der Waals surface area contributed by atoms with Crippen molar-refractivity contribution in [2.24, 2.45) is 5.10 Å². The molecule has 0 aromatic heterocycles. The van der Waals surface area contributed by atoms with E-state index in [1.807, 2.05) is 86.6 Å². The average molecular weight is 382 g/mol. The van der Waals surface area contributed by atoms with Crippen LogP contribution in [0.1, 0.15) is 29.8 Å². The van der Waals surface area contributed by atoms with Gasteiger partial charge in [0.15, 0.2) is 0 Å². The first-order chi connectivity index (χ1) is 14.1. The summed E-state index contributed by atoms with van der Waals surface area (Å²) in [4.78, 5) is 12.5. The van der Waals surface area contributed by atoms with E-state index in [1.165, 1.54) is 0 Å². The van der Waals surface area contributed by atoms with Gasteiger partial charge in [-0.1, -0.05) is 60.7 Å². The van der Waals surface area contributed by atoms with Crippen LogP contribution >= 0.6 is 0 Å². The average Bonchev–Trinajstić information content (AvgIpc) is 2.74. The molecule has 0 aliphatic carbocycles. The summed E-state index contributed by atoms with van der Waals surface area (Å²) in [5.74, 6) is 0.487. The van der Waals surface area contributed by atoms with Crippen molar-refractivity contribution in [2.75, 3.05) is 0 Å². The van der Waals surface area contributed by atoms with Gasteiger partial charge in [-0.05, 0) is 53.6 Å². The molecule has 0 radical (unpaired) electrons. The summed E-state index contributed by atoms with van der Waals surface area (Å²) in [5.41, 5.74) is 4.04. The van der Waals surface area contributed by atoms with E-state index in [1.54, 1.807) is 12.3 Å². The monoisotopic (exact) mass is 382 g/mol. The molecule has 4 rings (SSSR count). The Morgan fingerprint density at radius 2 is 1.59 bits per heavy atom. The van der Waals surface area contributed by atoms with Crippen molar-refractivity contribution in [1.29, 1.82) is 0 Å². The standard InChI is InChI=1S/C25H22N2O2/c1-17(2)29-24-14-13-19-8-5-6-10-22(19)23(24)16-26-27-25(28)21-12-11-18-7-3-4-9-20(18)15-21/h3-17H,1-2H3,(H,27,28)/b26-16-. The van der Waals surface area contributed by atoms with Crippen LogP contribution in [-0.2, 0) is 0 Å². The number of amides is 1. The minimum Gasteiger partial charge on any atom is -0.490 e. The summed E-state index contributed by atoms with van der Waals surface area (Å²) in [5, 5.41) is 8.44. The zero-order valence-corrected chi connectivity index (χ0v) is 16.4. The third-order valence-electron chi connectivity index (χ3n) is 4.66. The van der Waals surface area contributed by atoms with Crippen LogP contribution in [0.4, 0.5) is 0 Å². The summed E-state index contributed by atoms with van der Waals surface area (Å²) in [6.07, 6.45) is 1.69. The van der Waals surface area contributed by atoms with Crippen LogP contribution in [0.2, 0.25) is 0 Å². The van der Waals surface area contributed by atoms with Gasteiger partial charge in [-0.15, -0.1) is 0 Å². The van der Waals surface area contributed by atoms with E-state index in [0.717, 1.165) is 32.9 Å². The van der Waals surface area contributed by atoms with Crippen LogP contribution < -0.4 is 10.2 Å². The highest BCUT2D eigenvalue weighted by Crippen LogP contribution is 2.27. The lowest BCUT2D eigenvalue weighted by Gasteiger charge is -2.14. The van der Waals surface area contributed by atoms with Gasteiger partial charge in [0, 0.05) is 11.1 Å². The van der Waals surface area contributed by atoms with Gasteiger partial charge in [0.1, 0.15) is 5.75 Å². The molecular weight excluding hydrogens is 360 g/mol.